The van der Waals surface area contributed by atoms with Crippen molar-refractivity contribution in [2.45, 2.75) is 76.3 Å². The molecule has 20 heavy (non-hydrogen) atoms. The molecule has 0 radical (unpaired) electrons. The third-order valence-electron chi connectivity index (χ3n) is 4.47. The molecule has 0 heterocycles. The van der Waals surface area contributed by atoms with Crippen molar-refractivity contribution in [2.24, 2.45) is 0 Å². The molecule has 114 valence electrons. The van der Waals surface area contributed by atoms with Crippen molar-refractivity contribution in [3.63, 3.8) is 0 Å². The fourth-order valence-electron chi connectivity index (χ4n) is 3.13. The van der Waals surface area contributed by atoms with E-state index in [1.54, 1.807) is 7.05 Å². The number of nitrogens with one attached hydrogen (secondary N) is 2. The average molecular weight is 281 g/mol. The quantitative estimate of drug-likeness (QED) is 0.817. The Kier molecular flexibility index (Phi) is 5.68. The molecule has 2 fully saturated rings. The maximum Gasteiger partial charge on any atom is 0.325 e. The van der Waals surface area contributed by atoms with E-state index in [1.807, 2.05) is 0 Å². The summed E-state index contributed by atoms with van der Waals surface area (Å²) in [7, 11) is 1.55. The Bertz CT molecular complexity index is 302. The van der Waals surface area contributed by atoms with Gasteiger partial charge in [-0.1, -0.05) is 38.5 Å². The van der Waals surface area contributed by atoms with Gasteiger partial charge in [-0.25, -0.2) is 14.5 Å². The van der Waals surface area contributed by atoms with Crippen molar-refractivity contribution in [1.82, 2.24) is 15.5 Å². The highest BCUT2D eigenvalue weighted by atomic mass is 16.2. The number of hydrogen-bond donors (Lipinski definition) is 2. The van der Waals surface area contributed by atoms with E-state index in [2.05, 4.69) is 10.6 Å². The average Bonchev–Trinajstić information content (AvgIpc) is 2.48. The molecule has 0 bridgehead atoms. The zero-order valence-corrected chi connectivity index (χ0v) is 12.5. The summed E-state index contributed by atoms with van der Waals surface area (Å²) in [6.45, 7) is 0. The largest absolute Gasteiger partial charge is 0.335 e. The van der Waals surface area contributed by atoms with Gasteiger partial charge in [0.25, 0.3) is 0 Å². The van der Waals surface area contributed by atoms with Crippen molar-refractivity contribution < 1.29 is 9.59 Å². The van der Waals surface area contributed by atoms with Gasteiger partial charge in [0, 0.05) is 19.1 Å². The molecule has 0 spiro atoms. The lowest BCUT2D eigenvalue weighted by atomic mass is 9.95. The zero-order chi connectivity index (χ0) is 14.4. The Morgan fingerprint density at radius 3 is 1.45 bits per heavy atom. The fraction of sp³-hybridized carbons (Fsp3) is 0.867. The van der Waals surface area contributed by atoms with Crippen LogP contribution in [0.5, 0.6) is 0 Å². The number of carbonyl (C=O) groups is 2. The Balaban J connectivity index is 1.74. The Morgan fingerprint density at radius 2 is 1.10 bits per heavy atom. The number of rotatable bonds is 2. The first-order valence-electron chi connectivity index (χ1n) is 8.01. The highest BCUT2D eigenvalue weighted by molar-refractivity contribution is 5.93. The summed E-state index contributed by atoms with van der Waals surface area (Å²) in [5.74, 6) is 0. The van der Waals surface area contributed by atoms with Gasteiger partial charge >= 0.3 is 12.1 Å². The number of carbonyl (C=O) groups excluding carboxylic acids is 2. The first kappa shape index (κ1) is 15.1. The van der Waals surface area contributed by atoms with Crippen LogP contribution in [0.1, 0.15) is 64.2 Å². The van der Waals surface area contributed by atoms with Crippen LogP contribution in [-0.2, 0) is 0 Å². The molecular weight excluding hydrogens is 254 g/mol. The monoisotopic (exact) mass is 281 g/mol. The smallest absolute Gasteiger partial charge is 0.325 e. The van der Waals surface area contributed by atoms with Crippen LogP contribution in [-0.4, -0.2) is 36.1 Å². The van der Waals surface area contributed by atoms with E-state index in [9.17, 15) is 9.59 Å². The molecule has 5 heteroatoms. The lowest BCUT2D eigenvalue weighted by Gasteiger charge is -2.28. The number of imide groups is 1. The van der Waals surface area contributed by atoms with E-state index in [-0.39, 0.29) is 24.1 Å². The van der Waals surface area contributed by atoms with Crippen LogP contribution in [0.25, 0.3) is 0 Å². The van der Waals surface area contributed by atoms with Gasteiger partial charge in [0.05, 0.1) is 0 Å². The molecule has 2 aliphatic rings. The van der Waals surface area contributed by atoms with E-state index in [1.165, 1.54) is 43.4 Å². The molecule has 0 aromatic heterocycles. The van der Waals surface area contributed by atoms with Crippen LogP contribution < -0.4 is 10.6 Å². The molecule has 0 aromatic rings. The third kappa shape index (κ3) is 4.39. The Labute approximate surface area is 121 Å². The van der Waals surface area contributed by atoms with Crippen LogP contribution in [0, 0.1) is 0 Å². The van der Waals surface area contributed by atoms with Crippen molar-refractivity contribution >= 4 is 12.1 Å². The zero-order valence-electron chi connectivity index (χ0n) is 12.5. The van der Waals surface area contributed by atoms with E-state index in [4.69, 9.17) is 0 Å². The molecule has 0 unspecified atom stereocenters. The summed E-state index contributed by atoms with van der Waals surface area (Å²) >= 11 is 0. The summed E-state index contributed by atoms with van der Waals surface area (Å²) < 4.78 is 0. The number of amides is 4. The van der Waals surface area contributed by atoms with Gasteiger partial charge < -0.3 is 10.6 Å². The molecule has 2 rings (SSSR count). The lowest BCUT2D eigenvalue weighted by Crippen LogP contribution is -2.51. The molecule has 2 N–H and O–H groups in total. The van der Waals surface area contributed by atoms with Crippen molar-refractivity contribution in [3.8, 4) is 0 Å². The second-order valence-corrected chi connectivity index (χ2v) is 6.13. The van der Waals surface area contributed by atoms with Gasteiger partial charge in [0.15, 0.2) is 0 Å². The summed E-state index contributed by atoms with van der Waals surface area (Å²) in [5, 5.41) is 5.93. The second kappa shape index (κ2) is 7.50. The van der Waals surface area contributed by atoms with Gasteiger partial charge in [-0.2, -0.15) is 0 Å². The van der Waals surface area contributed by atoms with E-state index >= 15 is 0 Å². The maximum absolute atomic E-state index is 12.0. The highest BCUT2D eigenvalue weighted by Crippen LogP contribution is 2.18. The standard InChI is InChI=1S/C15H27N3O2/c1-18(14(19)16-12-8-4-2-5-9-12)15(20)17-13-10-6-3-7-11-13/h12-13H,2-11H2,1H3,(H,16,19)(H,17,20). The molecule has 0 saturated heterocycles. The molecular formula is C15H27N3O2. The second-order valence-electron chi connectivity index (χ2n) is 6.13. The summed E-state index contributed by atoms with van der Waals surface area (Å²) in [6.07, 6.45) is 11.3. The summed E-state index contributed by atoms with van der Waals surface area (Å²) in [5.41, 5.74) is 0. The molecule has 0 aliphatic heterocycles. The molecule has 0 atom stereocenters. The van der Waals surface area contributed by atoms with Crippen LogP contribution in [0.3, 0.4) is 0 Å². The minimum absolute atomic E-state index is 0.237. The van der Waals surface area contributed by atoms with Gasteiger partial charge in [0.2, 0.25) is 0 Å². The third-order valence-corrected chi connectivity index (χ3v) is 4.47. The van der Waals surface area contributed by atoms with E-state index in [0.29, 0.717) is 0 Å². The minimum Gasteiger partial charge on any atom is -0.335 e. The number of hydrogen-bond acceptors (Lipinski definition) is 2. The summed E-state index contributed by atoms with van der Waals surface area (Å²) in [4.78, 5) is 25.3. The van der Waals surface area contributed by atoms with Gasteiger partial charge in [-0.15, -0.1) is 0 Å². The van der Waals surface area contributed by atoms with Gasteiger partial charge in [-0.05, 0) is 25.7 Å². The molecule has 0 aromatic carbocycles. The van der Waals surface area contributed by atoms with Gasteiger partial charge in [-0.3, -0.25) is 0 Å². The van der Waals surface area contributed by atoms with Crippen molar-refractivity contribution in [2.75, 3.05) is 7.05 Å². The molecule has 4 amide bonds. The predicted molar refractivity (Wildman–Crippen MR) is 78.6 cm³/mol. The highest BCUT2D eigenvalue weighted by Gasteiger charge is 2.23. The van der Waals surface area contributed by atoms with Crippen molar-refractivity contribution in [1.29, 1.82) is 0 Å². The van der Waals surface area contributed by atoms with Crippen molar-refractivity contribution in [3.05, 3.63) is 0 Å². The lowest BCUT2D eigenvalue weighted by molar-refractivity contribution is 0.185. The topological polar surface area (TPSA) is 61.4 Å². The minimum atomic E-state index is -0.273. The van der Waals surface area contributed by atoms with Crippen LogP contribution in [0.15, 0.2) is 0 Å². The summed E-state index contributed by atoms with van der Waals surface area (Å²) in [6, 6.07) is -0.0715. The number of nitrogens with zero attached hydrogens (tertiary/aromatic N) is 1. The van der Waals surface area contributed by atoms with Crippen LogP contribution in [0.2, 0.25) is 0 Å². The normalized spacial score (nSPS) is 21.2. The molecule has 2 aliphatic carbocycles. The Morgan fingerprint density at radius 1 is 0.750 bits per heavy atom. The predicted octanol–water partition coefficient (Wildman–Crippen LogP) is 3.00. The fourth-order valence-corrected chi connectivity index (χ4v) is 3.13. The maximum atomic E-state index is 12.0. The van der Waals surface area contributed by atoms with E-state index < -0.39 is 0 Å². The van der Waals surface area contributed by atoms with Crippen LogP contribution in [0.4, 0.5) is 9.59 Å². The Hall–Kier alpha value is -1.26. The van der Waals surface area contributed by atoms with Crippen LogP contribution >= 0.6 is 0 Å². The SMILES string of the molecule is CN(C(=O)NC1CCCCC1)C(=O)NC1CCCCC1. The first-order chi connectivity index (χ1) is 9.66. The first-order valence-corrected chi connectivity index (χ1v) is 8.01. The van der Waals surface area contributed by atoms with Gasteiger partial charge in [0.1, 0.15) is 0 Å². The number of urea groups is 2. The van der Waals surface area contributed by atoms with E-state index in [0.717, 1.165) is 25.7 Å². The molecule has 5 nitrogen and oxygen atoms in total. The molecule has 2 saturated carbocycles.